The second kappa shape index (κ2) is 8.63. The lowest BCUT2D eigenvalue weighted by Crippen LogP contribution is -2.18. The van der Waals surface area contributed by atoms with Gasteiger partial charge in [-0.15, -0.1) is 13.2 Å². The van der Waals surface area contributed by atoms with Crippen LogP contribution in [0.2, 0.25) is 0 Å². The monoisotopic (exact) mass is 439 g/mol. The molecule has 0 radical (unpaired) electrons. The molecule has 0 bridgehead atoms. The molecule has 142 valence electrons. The molecule has 0 atom stereocenters. The molecule has 1 heterocycles. The highest BCUT2D eigenvalue weighted by molar-refractivity contribution is 9.10. The van der Waals surface area contributed by atoms with Gasteiger partial charge in [0.25, 0.3) is 0 Å². The predicted molar refractivity (Wildman–Crippen MR) is 100 cm³/mol. The Morgan fingerprint density at radius 1 is 0.926 bits per heavy atom. The zero-order valence-electron chi connectivity index (χ0n) is 14.2. The number of alkyl halides is 3. The van der Waals surface area contributed by atoms with E-state index in [4.69, 9.17) is 4.42 Å². The van der Waals surface area contributed by atoms with Gasteiger partial charge in [-0.3, -0.25) is 0 Å². The maximum Gasteiger partial charge on any atom is 0.573 e. The maximum absolute atomic E-state index is 12.1. The Balaban J connectivity index is 1.44. The smallest absolute Gasteiger partial charge is 0.461 e. The third-order valence-electron chi connectivity index (χ3n) is 3.82. The molecule has 0 amide bonds. The van der Waals surface area contributed by atoms with E-state index in [2.05, 4.69) is 26.0 Å². The van der Waals surface area contributed by atoms with Crippen LogP contribution in [0.25, 0.3) is 11.3 Å². The molecule has 0 saturated heterocycles. The lowest BCUT2D eigenvalue weighted by atomic mass is 10.2. The molecule has 3 nitrogen and oxygen atoms in total. The molecule has 0 aliphatic carbocycles. The topological polar surface area (TPSA) is 34.4 Å². The molecule has 1 N–H and O–H groups in total. The number of hydrogen-bond donors (Lipinski definition) is 1. The Kier molecular flexibility index (Phi) is 6.23. The molecule has 0 aliphatic heterocycles. The minimum Gasteiger partial charge on any atom is -0.461 e. The van der Waals surface area contributed by atoms with Crippen LogP contribution in [0.4, 0.5) is 13.2 Å². The Morgan fingerprint density at radius 3 is 2.30 bits per heavy atom. The van der Waals surface area contributed by atoms with E-state index in [9.17, 15) is 13.2 Å². The van der Waals surface area contributed by atoms with E-state index < -0.39 is 6.36 Å². The molecule has 0 fully saturated rings. The van der Waals surface area contributed by atoms with E-state index in [0.29, 0.717) is 19.5 Å². The van der Waals surface area contributed by atoms with Crippen molar-refractivity contribution in [2.24, 2.45) is 0 Å². The molecule has 3 aromatic rings. The van der Waals surface area contributed by atoms with Crippen molar-refractivity contribution in [1.29, 1.82) is 0 Å². The lowest BCUT2D eigenvalue weighted by molar-refractivity contribution is -0.274. The summed E-state index contributed by atoms with van der Waals surface area (Å²) in [5, 5.41) is 3.25. The number of hydrogen-bond acceptors (Lipinski definition) is 3. The highest BCUT2D eigenvalue weighted by Crippen LogP contribution is 2.24. The van der Waals surface area contributed by atoms with E-state index in [-0.39, 0.29) is 5.75 Å². The van der Waals surface area contributed by atoms with Crippen LogP contribution in [0, 0.1) is 0 Å². The van der Waals surface area contributed by atoms with Crippen LogP contribution in [0.15, 0.2) is 69.6 Å². The maximum atomic E-state index is 12.1. The molecule has 0 aliphatic rings. The minimum atomic E-state index is -4.67. The van der Waals surface area contributed by atoms with Gasteiger partial charge in [0.2, 0.25) is 0 Å². The van der Waals surface area contributed by atoms with E-state index in [1.165, 1.54) is 12.1 Å². The van der Waals surface area contributed by atoms with Gasteiger partial charge in [0.1, 0.15) is 17.3 Å². The molecular weight excluding hydrogens is 423 g/mol. The molecular formula is C20H17BrF3NO2. The molecule has 1 aromatic heterocycles. The summed E-state index contributed by atoms with van der Waals surface area (Å²) in [5.74, 6) is 1.47. The van der Waals surface area contributed by atoms with Gasteiger partial charge in [-0.05, 0) is 42.0 Å². The summed E-state index contributed by atoms with van der Waals surface area (Å²) in [6.45, 7) is 1.24. The number of furan rings is 1. The zero-order chi connectivity index (χ0) is 19.3. The first-order valence-corrected chi connectivity index (χ1v) is 9.08. The van der Waals surface area contributed by atoms with Crippen molar-refractivity contribution in [1.82, 2.24) is 5.32 Å². The van der Waals surface area contributed by atoms with Crippen LogP contribution in [0.1, 0.15) is 11.3 Å². The first-order chi connectivity index (χ1) is 12.9. The third-order valence-corrected chi connectivity index (χ3v) is 4.35. The SMILES string of the molecule is FC(F)(F)Oc1ccc(CNCCc2ccc(-c3ccc(Br)cc3)o2)cc1. The van der Waals surface area contributed by atoms with Crippen LogP contribution in [0.5, 0.6) is 5.75 Å². The fourth-order valence-electron chi connectivity index (χ4n) is 2.53. The number of nitrogens with one attached hydrogen (secondary N) is 1. The van der Waals surface area contributed by atoms with Gasteiger partial charge in [-0.1, -0.05) is 40.2 Å². The molecule has 2 aromatic carbocycles. The first-order valence-electron chi connectivity index (χ1n) is 8.29. The van der Waals surface area contributed by atoms with Crippen molar-refractivity contribution >= 4 is 15.9 Å². The van der Waals surface area contributed by atoms with Crippen molar-refractivity contribution in [2.75, 3.05) is 6.54 Å². The largest absolute Gasteiger partial charge is 0.573 e. The number of halogens is 4. The van der Waals surface area contributed by atoms with Crippen molar-refractivity contribution in [2.45, 2.75) is 19.3 Å². The highest BCUT2D eigenvalue weighted by Gasteiger charge is 2.30. The quantitative estimate of drug-likeness (QED) is 0.462. The normalized spacial score (nSPS) is 11.6. The lowest BCUT2D eigenvalue weighted by Gasteiger charge is -2.09. The Labute approximate surface area is 163 Å². The number of rotatable bonds is 7. The van der Waals surface area contributed by atoms with Crippen LogP contribution in [-0.2, 0) is 13.0 Å². The van der Waals surface area contributed by atoms with Gasteiger partial charge < -0.3 is 14.5 Å². The van der Waals surface area contributed by atoms with Crippen LogP contribution < -0.4 is 10.1 Å². The molecule has 7 heteroatoms. The van der Waals surface area contributed by atoms with Crippen LogP contribution in [0.3, 0.4) is 0 Å². The third kappa shape index (κ3) is 6.15. The van der Waals surface area contributed by atoms with Crippen LogP contribution >= 0.6 is 15.9 Å². The van der Waals surface area contributed by atoms with E-state index >= 15 is 0 Å². The molecule has 27 heavy (non-hydrogen) atoms. The second-order valence-corrected chi connectivity index (χ2v) is 6.81. The minimum absolute atomic E-state index is 0.220. The molecule has 0 saturated carbocycles. The fourth-order valence-corrected chi connectivity index (χ4v) is 2.80. The number of ether oxygens (including phenoxy) is 1. The molecule has 3 rings (SSSR count). The summed E-state index contributed by atoms with van der Waals surface area (Å²) in [6.07, 6.45) is -3.95. The van der Waals surface area contributed by atoms with E-state index in [1.807, 2.05) is 36.4 Å². The van der Waals surface area contributed by atoms with Gasteiger partial charge >= 0.3 is 6.36 Å². The van der Waals surface area contributed by atoms with E-state index in [1.54, 1.807) is 12.1 Å². The Hall–Kier alpha value is -2.25. The summed E-state index contributed by atoms with van der Waals surface area (Å²) in [6, 6.07) is 17.6. The van der Waals surface area contributed by atoms with Gasteiger partial charge in [-0.2, -0.15) is 0 Å². The second-order valence-electron chi connectivity index (χ2n) is 5.89. The molecule has 0 spiro atoms. The first kappa shape index (κ1) is 19.5. The summed E-state index contributed by atoms with van der Waals surface area (Å²) in [7, 11) is 0. The van der Waals surface area contributed by atoms with Crippen molar-refractivity contribution in [3.05, 3.63) is 76.5 Å². The van der Waals surface area contributed by atoms with Crippen LogP contribution in [-0.4, -0.2) is 12.9 Å². The summed E-state index contributed by atoms with van der Waals surface area (Å²) in [5.41, 5.74) is 1.89. The average Bonchev–Trinajstić information content (AvgIpc) is 3.08. The summed E-state index contributed by atoms with van der Waals surface area (Å²) >= 11 is 3.41. The molecule has 0 unspecified atom stereocenters. The van der Waals surface area contributed by atoms with Gasteiger partial charge in [0, 0.05) is 29.5 Å². The highest BCUT2D eigenvalue weighted by atomic mass is 79.9. The zero-order valence-corrected chi connectivity index (χ0v) is 15.8. The van der Waals surface area contributed by atoms with Gasteiger partial charge in [-0.25, -0.2) is 0 Å². The predicted octanol–water partition coefficient (Wildman–Crippen LogP) is 5.94. The fraction of sp³-hybridized carbons (Fsp3) is 0.200. The van der Waals surface area contributed by atoms with Crippen molar-refractivity contribution < 1.29 is 22.3 Å². The Bertz CT molecular complexity index is 858. The number of benzene rings is 2. The summed E-state index contributed by atoms with van der Waals surface area (Å²) in [4.78, 5) is 0. The standard InChI is InChI=1S/C20H17BrF3NO2/c21-16-5-3-15(4-6-16)19-10-9-17(26-19)11-12-25-13-14-1-7-18(8-2-14)27-20(22,23)24/h1-10,25H,11-13H2. The van der Waals surface area contributed by atoms with Gasteiger partial charge in [0.05, 0.1) is 0 Å². The van der Waals surface area contributed by atoms with E-state index in [0.717, 1.165) is 27.1 Å². The average molecular weight is 440 g/mol. The van der Waals surface area contributed by atoms with Crippen molar-refractivity contribution in [3.63, 3.8) is 0 Å². The van der Waals surface area contributed by atoms with Crippen molar-refractivity contribution in [3.8, 4) is 17.1 Å². The van der Waals surface area contributed by atoms with Gasteiger partial charge in [0.15, 0.2) is 0 Å². The Morgan fingerprint density at radius 2 is 1.63 bits per heavy atom. The summed E-state index contributed by atoms with van der Waals surface area (Å²) < 4.78 is 47.1.